The Hall–Kier alpha value is -3.46. The van der Waals surface area contributed by atoms with Crippen LogP contribution in [0.5, 0.6) is 11.5 Å². The summed E-state index contributed by atoms with van der Waals surface area (Å²) in [5.41, 5.74) is 1.81. The van der Waals surface area contributed by atoms with Gasteiger partial charge in [0.2, 0.25) is 0 Å². The summed E-state index contributed by atoms with van der Waals surface area (Å²) in [6, 6.07) is 21.0. The van der Waals surface area contributed by atoms with Crippen LogP contribution >= 0.6 is 23.2 Å². The van der Waals surface area contributed by atoms with E-state index in [1.165, 1.54) is 6.08 Å². The van der Waals surface area contributed by atoms with Crippen molar-refractivity contribution in [1.29, 1.82) is 5.26 Å². The van der Waals surface area contributed by atoms with E-state index in [0.29, 0.717) is 32.8 Å². The monoisotopic (exact) mass is 452 g/mol. The van der Waals surface area contributed by atoms with E-state index in [-0.39, 0.29) is 12.2 Å². The SMILES string of the molecule is COc1ccc(/C=C(\C#N)C(=O)Nc2ccc(Cl)cc2)c(OCc2ccccc2Cl)c1. The lowest BCUT2D eigenvalue weighted by molar-refractivity contribution is -0.112. The number of halogens is 2. The van der Waals surface area contributed by atoms with E-state index in [0.717, 1.165) is 5.56 Å². The third kappa shape index (κ3) is 6.02. The minimum atomic E-state index is -0.544. The number of ether oxygens (including phenoxy) is 2. The first kappa shape index (κ1) is 22.2. The third-order valence-electron chi connectivity index (χ3n) is 4.33. The molecule has 0 aromatic heterocycles. The molecule has 0 saturated carbocycles. The van der Waals surface area contributed by atoms with Gasteiger partial charge in [-0.1, -0.05) is 41.4 Å². The summed E-state index contributed by atoms with van der Waals surface area (Å²) in [5.74, 6) is 0.486. The molecular formula is C24H18Cl2N2O3. The number of carbonyl (C=O) groups excluding carboxylic acids is 1. The second-order valence-electron chi connectivity index (χ2n) is 6.41. The first-order valence-electron chi connectivity index (χ1n) is 9.23. The Morgan fingerprint density at radius 2 is 1.84 bits per heavy atom. The Morgan fingerprint density at radius 1 is 1.10 bits per heavy atom. The molecule has 0 heterocycles. The topological polar surface area (TPSA) is 71.3 Å². The molecule has 3 rings (SSSR count). The molecule has 0 saturated heterocycles. The molecule has 5 nitrogen and oxygen atoms in total. The van der Waals surface area contributed by atoms with Gasteiger partial charge in [-0.2, -0.15) is 5.26 Å². The molecule has 0 radical (unpaired) electrons. The predicted molar refractivity (Wildman–Crippen MR) is 122 cm³/mol. The van der Waals surface area contributed by atoms with Crippen LogP contribution < -0.4 is 14.8 Å². The van der Waals surface area contributed by atoms with E-state index >= 15 is 0 Å². The van der Waals surface area contributed by atoms with E-state index in [1.807, 2.05) is 24.3 Å². The van der Waals surface area contributed by atoms with Crippen molar-refractivity contribution in [2.45, 2.75) is 6.61 Å². The summed E-state index contributed by atoms with van der Waals surface area (Å²) >= 11 is 12.1. The third-order valence-corrected chi connectivity index (χ3v) is 4.95. The van der Waals surface area contributed by atoms with Gasteiger partial charge in [0.1, 0.15) is 29.7 Å². The van der Waals surface area contributed by atoms with Crippen LogP contribution in [0.3, 0.4) is 0 Å². The second kappa shape index (κ2) is 10.5. The van der Waals surface area contributed by atoms with Crippen LogP contribution in [0.15, 0.2) is 72.3 Å². The van der Waals surface area contributed by atoms with E-state index < -0.39 is 5.91 Å². The Bertz CT molecular complexity index is 1150. The smallest absolute Gasteiger partial charge is 0.266 e. The minimum absolute atomic E-state index is 0.0808. The zero-order valence-electron chi connectivity index (χ0n) is 16.6. The zero-order chi connectivity index (χ0) is 22.2. The average molecular weight is 453 g/mol. The maximum atomic E-state index is 12.6. The molecule has 7 heteroatoms. The predicted octanol–water partition coefficient (Wildman–Crippen LogP) is 6.13. The Morgan fingerprint density at radius 3 is 2.52 bits per heavy atom. The number of hydrogen-bond acceptors (Lipinski definition) is 4. The van der Waals surface area contributed by atoms with Gasteiger partial charge in [-0.05, 0) is 48.5 Å². The van der Waals surface area contributed by atoms with Crippen molar-refractivity contribution in [3.8, 4) is 17.6 Å². The van der Waals surface area contributed by atoms with Crippen molar-refractivity contribution in [1.82, 2.24) is 0 Å². The van der Waals surface area contributed by atoms with Crippen LogP contribution in [0.4, 0.5) is 5.69 Å². The van der Waals surface area contributed by atoms with Gasteiger partial charge < -0.3 is 14.8 Å². The van der Waals surface area contributed by atoms with E-state index in [1.54, 1.807) is 55.6 Å². The van der Waals surface area contributed by atoms with Crippen LogP contribution in [-0.4, -0.2) is 13.0 Å². The molecule has 156 valence electrons. The van der Waals surface area contributed by atoms with Crippen LogP contribution in [0.1, 0.15) is 11.1 Å². The number of methoxy groups -OCH3 is 1. The number of nitrogens with one attached hydrogen (secondary N) is 1. The fourth-order valence-corrected chi connectivity index (χ4v) is 3.01. The highest BCUT2D eigenvalue weighted by molar-refractivity contribution is 6.31. The zero-order valence-corrected chi connectivity index (χ0v) is 18.1. The molecule has 0 unspecified atom stereocenters. The molecule has 0 atom stereocenters. The lowest BCUT2D eigenvalue weighted by Gasteiger charge is -2.12. The van der Waals surface area contributed by atoms with Gasteiger partial charge in [-0.25, -0.2) is 0 Å². The first-order valence-corrected chi connectivity index (χ1v) is 9.98. The highest BCUT2D eigenvalue weighted by Crippen LogP contribution is 2.29. The second-order valence-corrected chi connectivity index (χ2v) is 7.26. The van der Waals surface area contributed by atoms with Crippen molar-refractivity contribution in [3.05, 3.63) is 93.5 Å². The molecule has 1 amide bonds. The number of anilines is 1. The standard InChI is InChI=1S/C24H18Cl2N2O3/c1-30-21-11-6-16(23(13-21)31-15-17-4-2-3-5-22(17)26)12-18(14-27)24(29)28-20-9-7-19(25)8-10-20/h2-13H,15H2,1H3,(H,28,29)/b18-12+. The van der Waals surface area contributed by atoms with Crippen LogP contribution in [0, 0.1) is 11.3 Å². The summed E-state index contributed by atoms with van der Waals surface area (Å²) in [5, 5.41) is 13.3. The summed E-state index contributed by atoms with van der Waals surface area (Å²) in [6.07, 6.45) is 1.46. The van der Waals surface area contributed by atoms with E-state index in [2.05, 4.69) is 5.32 Å². The molecule has 0 aliphatic carbocycles. The van der Waals surface area contributed by atoms with Crippen molar-refractivity contribution < 1.29 is 14.3 Å². The van der Waals surface area contributed by atoms with Crippen LogP contribution in [-0.2, 0) is 11.4 Å². The summed E-state index contributed by atoms with van der Waals surface area (Å²) in [7, 11) is 1.54. The first-order chi connectivity index (χ1) is 15.0. The van der Waals surface area contributed by atoms with Gasteiger partial charge in [-0.3, -0.25) is 4.79 Å². The minimum Gasteiger partial charge on any atom is -0.497 e. The molecule has 1 N–H and O–H groups in total. The molecule has 0 aliphatic heterocycles. The fraction of sp³-hybridized carbons (Fsp3) is 0.0833. The maximum Gasteiger partial charge on any atom is 0.266 e. The lowest BCUT2D eigenvalue weighted by Crippen LogP contribution is -2.13. The molecule has 31 heavy (non-hydrogen) atoms. The van der Waals surface area contributed by atoms with Crippen LogP contribution in [0.25, 0.3) is 6.08 Å². The fourth-order valence-electron chi connectivity index (χ4n) is 2.69. The quantitative estimate of drug-likeness (QED) is 0.345. The van der Waals surface area contributed by atoms with E-state index in [4.69, 9.17) is 32.7 Å². The highest BCUT2D eigenvalue weighted by atomic mass is 35.5. The number of nitriles is 1. The average Bonchev–Trinajstić information content (AvgIpc) is 2.78. The highest BCUT2D eigenvalue weighted by Gasteiger charge is 2.13. The Balaban J connectivity index is 1.86. The Labute approximate surface area is 190 Å². The number of benzene rings is 3. The van der Waals surface area contributed by atoms with Crippen molar-refractivity contribution in [3.63, 3.8) is 0 Å². The molecule has 0 fully saturated rings. The van der Waals surface area contributed by atoms with Crippen molar-refractivity contribution >= 4 is 40.9 Å². The summed E-state index contributed by atoms with van der Waals surface area (Å²) < 4.78 is 11.2. The molecule has 0 spiro atoms. The summed E-state index contributed by atoms with van der Waals surface area (Å²) in [4.78, 5) is 12.6. The summed E-state index contributed by atoms with van der Waals surface area (Å²) in [6.45, 7) is 0.215. The number of hydrogen-bond donors (Lipinski definition) is 1. The van der Waals surface area contributed by atoms with Gasteiger partial charge in [0.25, 0.3) is 5.91 Å². The van der Waals surface area contributed by atoms with Crippen molar-refractivity contribution in [2.75, 3.05) is 12.4 Å². The number of carbonyl (C=O) groups is 1. The molecule has 0 bridgehead atoms. The van der Waals surface area contributed by atoms with Gasteiger partial charge in [0.15, 0.2) is 0 Å². The van der Waals surface area contributed by atoms with Gasteiger partial charge in [0, 0.05) is 32.9 Å². The van der Waals surface area contributed by atoms with Crippen LogP contribution in [0.2, 0.25) is 10.0 Å². The normalized spacial score (nSPS) is 10.8. The molecule has 3 aromatic rings. The van der Waals surface area contributed by atoms with Gasteiger partial charge >= 0.3 is 0 Å². The number of rotatable bonds is 7. The van der Waals surface area contributed by atoms with Gasteiger partial charge in [-0.15, -0.1) is 0 Å². The number of amides is 1. The van der Waals surface area contributed by atoms with Crippen molar-refractivity contribution in [2.24, 2.45) is 0 Å². The lowest BCUT2D eigenvalue weighted by atomic mass is 10.1. The van der Waals surface area contributed by atoms with E-state index in [9.17, 15) is 10.1 Å². The molecule has 3 aromatic carbocycles. The van der Waals surface area contributed by atoms with Gasteiger partial charge in [0.05, 0.1) is 7.11 Å². The number of nitrogens with zero attached hydrogens (tertiary/aromatic N) is 1. The molecular weight excluding hydrogens is 435 g/mol. The Kier molecular flexibility index (Phi) is 7.55. The largest absolute Gasteiger partial charge is 0.497 e. The molecule has 0 aliphatic rings. The maximum absolute atomic E-state index is 12.6.